The summed E-state index contributed by atoms with van der Waals surface area (Å²) in [7, 11) is 2.86. The molecule has 0 aliphatic rings. The van der Waals surface area contributed by atoms with Gasteiger partial charge in [0.1, 0.15) is 5.75 Å². The molecule has 25 heavy (non-hydrogen) atoms. The van der Waals surface area contributed by atoms with Gasteiger partial charge in [0.25, 0.3) is 0 Å². The summed E-state index contributed by atoms with van der Waals surface area (Å²) in [6.45, 7) is 0.232. The molecule has 0 bridgehead atoms. The van der Waals surface area contributed by atoms with Gasteiger partial charge < -0.3 is 24.4 Å². The van der Waals surface area contributed by atoms with Gasteiger partial charge in [0.15, 0.2) is 11.5 Å². The molecule has 0 aliphatic heterocycles. The lowest BCUT2D eigenvalue weighted by Gasteiger charge is -2.09. The Hall–Kier alpha value is -3.15. The molecule has 2 rings (SSSR count). The summed E-state index contributed by atoms with van der Waals surface area (Å²) in [5, 5.41) is 19.1. The number of hydrogen-bond donors (Lipinski definition) is 2. The zero-order chi connectivity index (χ0) is 18.2. The van der Waals surface area contributed by atoms with Crippen LogP contribution in [-0.2, 0) is 16.0 Å². The second kappa shape index (κ2) is 8.63. The van der Waals surface area contributed by atoms with E-state index in [1.165, 1.54) is 20.3 Å². The van der Waals surface area contributed by atoms with Gasteiger partial charge in [-0.15, -0.1) is 0 Å². The van der Waals surface area contributed by atoms with Crippen molar-refractivity contribution in [1.82, 2.24) is 0 Å². The van der Waals surface area contributed by atoms with Gasteiger partial charge in [-0.2, -0.15) is 0 Å². The molecule has 0 saturated heterocycles. The molecule has 0 aliphatic carbocycles. The number of methoxy groups -OCH3 is 2. The van der Waals surface area contributed by atoms with Crippen LogP contribution in [0.4, 0.5) is 0 Å². The Labute approximate surface area is 145 Å². The molecule has 0 radical (unpaired) electrons. The van der Waals surface area contributed by atoms with E-state index < -0.39 is 5.97 Å². The van der Waals surface area contributed by atoms with Crippen molar-refractivity contribution in [1.29, 1.82) is 0 Å². The fourth-order valence-corrected chi connectivity index (χ4v) is 2.15. The minimum absolute atomic E-state index is 0.0985. The Morgan fingerprint density at radius 3 is 2.20 bits per heavy atom. The van der Waals surface area contributed by atoms with E-state index in [0.717, 1.165) is 5.56 Å². The van der Waals surface area contributed by atoms with Crippen LogP contribution in [0.15, 0.2) is 42.5 Å². The number of phenolic OH excluding ortho intramolecular Hbond substituents is 2. The molecule has 0 saturated carbocycles. The Kier molecular flexibility index (Phi) is 6.28. The van der Waals surface area contributed by atoms with Gasteiger partial charge in [0.2, 0.25) is 5.75 Å². The van der Waals surface area contributed by atoms with E-state index in [1.807, 2.05) is 0 Å². The van der Waals surface area contributed by atoms with Crippen molar-refractivity contribution in [2.75, 3.05) is 20.8 Å². The third kappa shape index (κ3) is 5.17. The Bertz CT molecular complexity index is 724. The van der Waals surface area contributed by atoms with Crippen LogP contribution < -0.4 is 9.47 Å². The van der Waals surface area contributed by atoms with Crippen molar-refractivity contribution in [3.63, 3.8) is 0 Å². The Balaban J connectivity index is 1.92. The molecule has 6 heteroatoms. The lowest BCUT2D eigenvalue weighted by molar-refractivity contribution is -0.137. The number of ether oxygens (including phenoxy) is 3. The zero-order valence-electron chi connectivity index (χ0n) is 14.1. The van der Waals surface area contributed by atoms with Gasteiger partial charge in [0.05, 0.1) is 20.8 Å². The molecule has 0 spiro atoms. The summed E-state index contributed by atoms with van der Waals surface area (Å²) in [6, 6.07) is 9.88. The maximum atomic E-state index is 11.8. The molecule has 2 N–H and O–H groups in total. The molecule has 0 heterocycles. The summed E-state index contributed by atoms with van der Waals surface area (Å²) in [5.74, 6) is 0.117. The fourth-order valence-electron chi connectivity index (χ4n) is 2.15. The molecule has 132 valence electrons. The molecule has 0 aromatic heterocycles. The molecule has 2 aromatic rings. The van der Waals surface area contributed by atoms with Crippen LogP contribution >= 0.6 is 0 Å². The average Bonchev–Trinajstić information content (AvgIpc) is 2.62. The Morgan fingerprint density at radius 1 is 1.04 bits per heavy atom. The van der Waals surface area contributed by atoms with Gasteiger partial charge in [-0.3, -0.25) is 0 Å². The van der Waals surface area contributed by atoms with Gasteiger partial charge in [-0.05, 0) is 41.5 Å². The summed E-state index contributed by atoms with van der Waals surface area (Å²) in [6.07, 6.45) is 3.40. The monoisotopic (exact) mass is 344 g/mol. The predicted octanol–water partition coefficient (Wildman–Crippen LogP) is 2.91. The van der Waals surface area contributed by atoms with Crippen molar-refractivity contribution in [3.05, 3.63) is 53.6 Å². The number of esters is 1. The predicted molar refractivity (Wildman–Crippen MR) is 93.0 cm³/mol. The molecular formula is C19H20O6. The maximum absolute atomic E-state index is 11.8. The molecule has 0 fully saturated rings. The van der Waals surface area contributed by atoms with Crippen LogP contribution in [0.1, 0.15) is 11.1 Å². The van der Waals surface area contributed by atoms with Crippen molar-refractivity contribution in [3.8, 4) is 23.0 Å². The third-order valence-electron chi connectivity index (χ3n) is 3.49. The number of rotatable bonds is 7. The molecule has 0 atom stereocenters. The summed E-state index contributed by atoms with van der Waals surface area (Å²) in [4.78, 5) is 11.8. The van der Waals surface area contributed by atoms with E-state index in [2.05, 4.69) is 0 Å². The first-order valence-corrected chi connectivity index (χ1v) is 7.61. The number of benzene rings is 2. The van der Waals surface area contributed by atoms with Gasteiger partial charge in [0, 0.05) is 12.5 Å². The molecule has 6 nitrogen and oxygen atoms in total. The minimum atomic E-state index is -0.482. The van der Waals surface area contributed by atoms with Crippen molar-refractivity contribution < 1.29 is 29.2 Å². The van der Waals surface area contributed by atoms with E-state index in [1.54, 1.807) is 42.5 Å². The highest BCUT2D eigenvalue weighted by molar-refractivity contribution is 5.87. The lowest BCUT2D eigenvalue weighted by Crippen LogP contribution is -2.04. The fraction of sp³-hybridized carbons (Fsp3) is 0.211. The number of hydrogen-bond acceptors (Lipinski definition) is 6. The zero-order valence-corrected chi connectivity index (χ0v) is 14.1. The highest BCUT2D eigenvalue weighted by atomic mass is 16.5. The second-order valence-corrected chi connectivity index (χ2v) is 5.19. The van der Waals surface area contributed by atoms with E-state index in [4.69, 9.17) is 14.2 Å². The van der Waals surface area contributed by atoms with E-state index in [9.17, 15) is 15.0 Å². The lowest BCUT2D eigenvalue weighted by atomic mass is 10.1. The number of carbonyl (C=O) groups is 1. The average molecular weight is 344 g/mol. The van der Waals surface area contributed by atoms with Crippen LogP contribution in [0.3, 0.4) is 0 Å². The van der Waals surface area contributed by atoms with Crippen LogP contribution in [0.2, 0.25) is 0 Å². The second-order valence-electron chi connectivity index (χ2n) is 5.19. The maximum Gasteiger partial charge on any atom is 0.330 e. The van der Waals surface area contributed by atoms with Crippen LogP contribution in [0.25, 0.3) is 6.08 Å². The summed E-state index contributed by atoms with van der Waals surface area (Å²) < 4.78 is 15.3. The third-order valence-corrected chi connectivity index (χ3v) is 3.49. The first kappa shape index (κ1) is 18.2. The summed E-state index contributed by atoms with van der Waals surface area (Å²) >= 11 is 0. The van der Waals surface area contributed by atoms with E-state index >= 15 is 0 Å². The normalized spacial score (nSPS) is 10.6. The van der Waals surface area contributed by atoms with Crippen LogP contribution in [0.5, 0.6) is 23.0 Å². The van der Waals surface area contributed by atoms with Crippen molar-refractivity contribution in [2.24, 2.45) is 0 Å². The topological polar surface area (TPSA) is 85.2 Å². The van der Waals surface area contributed by atoms with Gasteiger partial charge in [-0.1, -0.05) is 12.1 Å². The van der Waals surface area contributed by atoms with Gasteiger partial charge in [-0.25, -0.2) is 4.79 Å². The smallest absolute Gasteiger partial charge is 0.330 e. The standard InChI is InChI=1S/C19H20O6/c1-23-16-11-14(12-17(24-2)19(16)22)5-8-18(21)25-10-9-13-3-6-15(20)7-4-13/h3-8,11-12,20,22H,9-10H2,1-2H3/b8-5+. The number of carbonyl (C=O) groups excluding carboxylic acids is 1. The minimum Gasteiger partial charge on any atom is -0.508 e. The first-order chi connectivity index (χ1) is 12.0. The quantitative estimate of drug-likeness (QED) is 0.593. The van der Waals surface area contributed by atoms with E-state index in [-0.39, 0.29) is 29.6 Å². The molecule has 0 unspecified atom stereocenters. The van der Waals surface area contributed by atoms with Crippen LogP contribution in [-0.4, -0.2) is 37.0 Å². The summed E-state index contributed by atoms with van der Waals surface area (Å²) in [5.41, 5.74) is 1.59. The highest BCUT2D eigenvalue weighted by Gasteiger charge is 2.10. The van der Waals surface area contributed by atoms with Gasteiger partial charge >= 0.3 is 5.97 Å². The first-order valence-electron chi connectivity index (χ1n) is 7.61. The largest absolute Gasteiger partial charge is 0.508 e. The SMILES string of the molecule is COc1cc(/C=C/C(=O)OCCc2ccc(O)cc2)cc(OC)c1O. The number of phenols is 2. The molecule has 0 amide bonds. The van der Waals surface area contributed by atoms with E-state index in [0.29, 0.717) is 12.0 Å². The molecule has 2 aromatic carbocycles. The van der Waals surface area contributed by atoms with Crippen LogP contribution in [0, 0.1) is 0 Å². The highest BCUT2D eigenvalue weighted by Crippen LogP contribution is 2.37. The van der Waals surface area contributed by atoms with Crippen molar-refractivity contribution >= 4 is 12.0 Å². The van der Waals surface area contributed by atoms with Crippen molar-refractivity contribution in [2.45, 2.75) is 6.42 Å². The number of aromatic hydroxyl groups is 2. The Morgan fingerprint density at radius 2 is 1.64 bits per heavy atom. The molecular weight excluding hydrogens is 324 g/mol.